The number of carbonyl (C=O) groups excluding carboxylic acids is 2. The van der Waals surface area contributed by atoms with Crippen LogP contribution in [-0.2, 0) is 22.4 Å². The SMILES string of the molecule is COc1ccc(N2C[C@H](C(=O)Nc3nc4c(s3)C[C@@H](C)CC4)CC2=O)cc1OC. The second-order valence-electron chi connectivity index (χ2n) is 7.67. The number of aromatic nitrogens is 1. The Morgan fingerprint density at radius 1 is 1.24 bits per heavy atom. The highest BCUT2D eigenvalue weighted by molar-refractivity contribution is 7.15. The molecule has 0 saturated carbocycles. The minimum atomic E-state index is -0.407. The minimum Gasteiger partial charge on any atom is -0.493 e. The zero-order chi connectivity index (χ0) is 20.5. The molecule has 0 spiro atoms. The first-order valence-electron chi connectivity index (χ1n) is 9.80. The first-order chi connectivity index (χ1) is 14.0. The van der Waals surface area contributed by atoms with Crippen molar-refractivity contribution in [2.45, 2.75) is 32.6 Å². The van der Waals surface area contributed by atoms with Crippen LogP contribution in [-0.4, -0.2) is 37.6 Å². The maximum atomic E-state index is 12.8. The summed E-state index contributed by atoms with van der Waals surface area (Å²) in [6, 6.07) is 5.32. The largest absolute Gasteiger partial charge is 0.493 e. The summed E-state index contributed by atoms with van der Waals surface area (Å²) in [6.45, 7) is 2.58. The normalized spacial score (nSPS) is 21.1. The van der Waals surface area contributed by atoms with Crippen LogP contribution < -0.4 is 19.7 Å². The zero-order valence-corrected chi connectivity index (χ0v) is 17.7. The lowest BCUT2D eigenvalue weighted by molar-refractivity contribution is -0.122. The van der Waals surface area contributed by atoms with E-state index in [0.29, 0.717) is 34.8 Å². The summed E-state index contributed by atoms with van der Waals surface area (Å²) in [5.74, 6) is 1.17. The summed E-state index contributed by atoms with van der Waals surface area (Å²) in [4.78, 5) is 32.8. The first-order valence-corrected chi connectivity index (χ1v) is 10.6. The molecule has 1 aliphatic heterocycles. The van der Waals surface area contributed by atoms with Crippen molar-refractivity contribution in [3.8, 4) is 11.5 Å². The van der Waals surface area contributed by atoms with Gasteiger partial charge in [0.25, 0.3) is 0 Å². The molecule has 154 valence electrons. The third-order valence-corrected chi connectivity index (χ3v) is 6.63. The van der Waals surface area contributed by atoms with Crippen LogP contribution in [0.1, 0.15) is 30.3 Å². The van der Waals surface area contributed by atoms with E-state index in [1.54, 1.807) is 48.7 Å². The van der Waals surface area contributed by atoms with Crippen LogP contribution in [0, 0.1) is 11.8 Å². The molecule has 2 atom stereocenters. The van der Waals surface area contributed by atoms with Crippen LogP contribution in [0.3, 0.4) is 0 Å². The van der Waals surface area contributed by atoms with Gasteiger partial charge in [-0.05, 0) is 37.3 Å². The number of ether oxygens (including phenoxy) is 2. The summed E-state index contributed by atoms with van der Waals surface area (Å²) >= 11 is 1.56. The number of anilines is 2. The monoisotopic (exact) mass is 415 g/mol. The van der Waals surface area contributed by atoms with E-state index in [4.69, 9.17) is 9.47 Å². The maximum absolute atomic E-state index is 12.8. The third kappa shape index (κ3) is 3.94. The van der Waals surface area contributed by atoms with Crippen molar-refractivity contribution >= 4 is 34.0 Å². The Bertz CT molecular complexity index is 942. The van der Waals surface area contributed by atoms with Crippen molar-refractivity contribution in [3.63, 3.8) is 0 Å². The molecular formula is C21H25N3O4S. The van der Waals surface area contributed by atoms with Crippen molar-refractivity contribution in [1.29, 1.82) is 0 Å². The first kappa shape index (κ1) is 19.7. The molecule has 2 amide bonds. The molecule has 4 rings (SSSR count). The standard InChI is InChI=1S/C21H25N3O4S/c1-12-4-6-15-18(8-12)29-21(22-15)23-20(26)13-9-19(25)24(11-13)14-5-7-16(27-2)17(10-14)28-3/h5,7,10,12-13H,4,6,8-9,11H2,1-3H3,(H,22,23,26)/t12-,13+/m0/s1. The zero-order valence-electron chi connectivity index (χ0n) is 16.9. The molecule has 1 aromatic heterocycles. The number of hydrogen-bond acceptors (Lipinski definition) is 6. The summed E-state index contributed by atoms with van der Waals surface area (Å²) in [7, 11) is 3.12. The minimum absolute atomic E-state index is 0.0790. The molecule has 1 aromatic carbocycles. The smallest absolute Gasteiger partial charge is 0.231 e. The number of amides is 2. The fourth-order valence-corrected chi connectivity index (χ4v) is 5.10. The van der Waals surface area contributed by atoms with E-state index in [1.807, 2.05) is 0 Å². The maximum Gasteiger partial charge on any atom is 0.231 e. The number of benzene rings is 1. The van der Waals surface area contributed by atoms with Gasteiger partial charge in [-0.1, -0.05) is 6.92 Å². The van der Waals surface area contributed by atoms with E-state index in [9.17, 15) is 9.59 Å². The molecule has 2 aromatic rings. The highest BCUT2D eigenvalue weighted by Gasteiger charge is 2.36. The molecule has 0 bridgehead atoms. The van der Waals surface area contributed by atoms with Crippen LogP contribution in [0.5, 0.6) is 11.5 Å². The van der Waals surface area contributed by atoms with E-state index in [1.165, 1.54) is 4.88 Å². The van der Waals surface area contributed by atoms with Crippen LogP contribution in [0.15, 0.2) is 18.2 Å². The Morgan fingerprint density at radius 2 is 2.03 bits per heavy atom. The number of methoxy groups -OCH3 is 2. The molecule has 1 saturated heterocycles. The Kier molecular flexibility index (Phi) is 5.45. The molecule has 0 unspecified atom stereocenters. The Hall–Kier alpha value is -2.61. The fraction of sp³-hybridized carbons (Fsp3) is 0.476. The average molecular weight is 416 g/mol. The highest BCUT2D eigenvalue weighted by atomic mass is 32.1. The lowest BCUT2D eigenvalue weighted by Gasteiger charge is -2.18. The molecule has 8 heteroatoms. The van der Waals surface area contributed by atoms with Crippen molar-refractivity contribution in [1.82, 2.24) is 4.98 Å². The number of thiazole rings is 1. The molecule has 1 aliphatic carbocycles. The van der Waals surface area contributed by atoms with E-state index in [2.05, 4.69) is 17.2 Å². The number of aryl methyl sites for hydroxylation is 1. The predicted molar refractivity (Wildman–Crippen MR) is 112 cm³/mol. The predicted octanol–water partition coefficient (Wildman–Crippen LogP) is 3.28. The van der Waals surface area contributed by atoms with E-state index in [-0.39, 0.29) is 18.2 Å². The molecule has 29 heavy (non-hydrogen) atoms. The molecule has 7 nitrogen and oxygen atoms in total. The van der Waals surface area contributed by atoms with Gasteiger partial charge >= 0.3 is 0 Å². The van der Waals surface area contributed by atoms with Crippen LogP contribution in [0.4, 0.5) is 10.8 Å². The van der Waals surface area contributed by atoms with Gasteiger partial charge in [0.05, 0.1) is 25.8 Å². The quantitative estimate of drug-likeness (QED) is 0.811. The van der Waals surface area contributed by atoms with Gasteiger partial charge in [0.15, 0.2) is 16.6 Å². The molecular weight excluding hydrogens is 390 g/mol. The van der Waals surface area contributed by atoms with Gasteiger partial charge in [0, 0.05) is 29.6 Å². The Morgan fingerprint density at radius 3 is 2.79 bits per heavy atom. The number of fused-ring (bicyclic) bond motifs is 1. The summed E-state index contributed by atoms with van der Waals surface area (Å²) in [5.41, 5.74) is 1.81. The van der Waals surface area contributed by atoms with Crippen molar-refractivity contribution in [3.05, 3.63) is 28.8 Å². The van der Waals surface area contributed by atoms with Gasteiger partial charge in [-0.15, -0.1) is 11.3 Å². The number of nitrogens with zero attached hydrogens (tertiary/aromatic N) is 2. The molecule has 0 radical (unpaired) electrons. The highest BCUT2D eigenvalue weighted by Crippen LogP contribution is 2.35. The average Bonchev–Trinajstić information content (AvgIpc) is 3.29. The topological polar surface area (TPSA) is 80.8 Å². The van der Waals surface area contributed by atoms with Gasteiger partial charge in [0.2, 0.25) is 11.8 Å². The van der Waals surface area contributed by atoms with Crippen molar-refractivity contribution in [2.24, 2.45) is 11.8 Å². The Balaban J connectivity index is 1.44. The van der Waals surface area contributed by atoms with Crippen molar-refractivity contribution in [2.75, 3.05) is 31.0 Å². The number of rotatable bonds is 5. The lowest BCUT2D eigenvalue weighted by atomic mass is 9.93. The number of hydrogen-bond donors (Lipinski definition) is 1. The number of nitrogens with one attached hydrogen (secondary N) is 1. The van der Waals surface area contributed by atoms with Crippen molar-refractivity contribution < 1.29 is 19.1 Å². The molecule has 2 aliphatic rings. The molecule has 2 heterocycles. The van der Waals surface area contributed by atoms with Gasteiger partial charge in [-0.3, -0.25) is 9.59 Å². The Labute approximate surface area is 174 Å². The second kappa shape index (κ2) is 8.02. The van der Waals surface area contributed by atoms with Gasteiger partial charge < -0.3 is 19.7 Å². The van der Waals surface area contributed by atoms with E-state index >= 15 is 0 Å². The van der Waals surface area contributed by atoms with Gasteiger partial charge in [0.1, 0.15) is 0 Å². The second-order valence-corrected chi connectivity index (χ2v) is 8.75. The van der Waals surface area contributed by atoms with E-state index < -0.39 is 5.92 Å². The summed E-state index contributed by atoms with van der Waals surface area (Å²) in [5, 5.41) is 3.58. The summed E-state index contributed by atoms with van der Waals surface area (Å²) < 4.78 is 10.6. The van der Waals surface area contributed by atoms with Crippen LogP contribution in [0.2, 0.25) is 0 Å². The van der Waals surface area contributed by atoms with Crippen LogP contribution in [0.25, 0.3) is 0 Å². The number of carbonyl (C=O) groups is 2. The lowest BCUT2D eigenvalue weighted by Crippen LogP contribution is -2.28. The summed E-state index contributed by atoms with van der Waals surface area (Å²) in [6.07, 6.45) is 3.32. The third-order valence-electron chi connectivity index (χ3n) is 5.59. The molecule has 1 N–H and O–H groups in total. The van der Waals surface area contributed by atoms with Gasteiger partial charge in [-0.2, -0.15) is 0 Å². The van der Waals surface area contributed by atoms with Gasteiger partial charge in [-0.25, -0.2) is 4.98 Å². The molecule has 1 fully saturated rings. The van der Waals surface area contributed by atoms with Crippen LogP contribution >= 0.6 is 11.3 Å². The fourth-order valence-electron chi connectivity index (χ4n) is 3.93. The van der Waals surface area contributed by atoms with E-state index in [0.717, 1.165) is 25.0 Å².